The van der Waals surface area contributed by atoms with Crippen molar-refractivity contribution in [3.05, 3.63) is 72.8 Å². The molecule has 0 aromatic heterocycles. The lowest BCUT2D eigenvalue weighted by Crippen LogP contribution is -2.63. The van der Waals surface area contributed by atoms with Crippen LogP contribution >= 0.6 is 0 Å². The Hall–Kier alpha value is -1.94. The smallest absolute Gasteiger partial charge is 0.388 e. The second-order valence-corrected chi connectivity index (χ2v) is 8.30. The zero-order chi connectivity index (χ0) is 16.1. The zero-order valence-corrected chi connectivity index (χ0v) is 14.7. The molecule has 2 nitrogen and oxygen atoms in total. The summed E-state index contributed by atoms with van der Waals surface area (Å²) in [5.41, 5.74) is 0. The van der Waals surface area contributed by atoms with Gasteiger partial charge >= 0.3 is 8.56 Å². The Morgan fingerprint density at radius 1 is 0.696 bits per heavy atom. The van der Waals surface area contributed by atoms with E-state index in [4.69, 9.17) is 8.85 Å². The molecule has 0 saturated heterocycles. The molecule has 0 atom stereocenters. The molecule has 23 heavy (non-hydrogen) atoms. The molecule has 3 rings (SSSR count). The van der Waals surface area contributed by atoms with E-state index in [9.17, 15) is 0 Å². The summed E-state index contributed by atoms with van der Waals surface area (Å²) in [5, 5.41) is 4.77. The van der Waals surface area contributed by atoms with Crippen LogP contribution in [0.2, 0.25) is 0 Å². The highest BCUT2D eigenvalue weighted by Gasteiger charge is 2.43. The van der Waals surface area contributed by atoms with Crippen LogP contribution in [0.5, 0.6) is 0 Å². The quantitative estimate of drug-likeness (QED) is 0.647. The van der Waals surface area contributed by atoms with E-state index in [-0.39, 0.29) is 0 Å². The molecule has 0 aliphatic rings. The average molecular weight is 322 g/mol. The molecule has 0 bridgehead atoms. The molecule has 0 aliphatic heterocycles. The molecule has 0 radical (unpaired) electrons. The molecule has 0 saturated carbocycles. The molecule has 118 valence electrons. The van der Waals surface area contributed by atoms with Crippen molar-refractivity contribution in [2.24, 2.45) is 0 Å². The Bertz CT molecular complexity index is 759. The van der Waals surface area contributed by atoms with Gasteiger partial charge in [0, 0.05) is 18.4 Å². The van der Waals surface area contributed by atoms with Crippen LogP contribution in [0.15, 0.2) is 72.8 Å². The second kappa shape index (κ2) is 7.09. The first-order chi connectivity index (χ1) is 11.3. The van der Waals surface area contributed by atoms with Gasteiger partial charge in [0.25, 0.3) is 0 Å². The van der Waals surface area contributed by atoms with Gasteiger partial charge < -0.3 is 8.85 Å². The minimum absolute atomic E-state index is 0.629. The summed E-state index contributed by atoms with van der Waals surface area (Å²) < 4.78 is 12.7. The molecule has 0 amide bonds. The average Bonchev–Trinajstić information content (AvgIpc) is 2.62. The van der Waals surface area contributed by atoms with Gasteiger partial charge in [0.1, 0.15) is 0 Å². The van der Waals surface area contributed by atoms with E-state index in [0.29, 0.717) is 13.2 Å². The Labute approximate surface area is 138 Å². The lowest BCUT2D eigenvalue weighted by atomic mass is 10.1. The van der Waals surface area contributed by atoms with Crippen LogP contribution in [0.1, 0.15) is 13.8 Å². The monoisotopic (exact) mass is 322 g/mol. The van der Waals surface area contributed by atoms with Crippen molar-refractivity contribution in [3.8, 4) is 0 Å². The van der Waals surface area contributed by atoms with Crippen LogP contribution in [0.25, 0.3) is 10.8 Å². The molecule has 0 N–H and O–H groups in total. The van der Waals surface area contributed by atoms with Gasteiger partial charge in [0.15, 0.2) is 0 Å². The molecule has 0 fully saturated rings. The number of hydrogen-bond donors (Lipinski definition) is 0. The summed E-state index contributed by atoms with van der Waals surface area (Å²) in [7, 11) is -2.71. The van der Waals surface area contributed by atoms with E-state index in [1.807, 2.05) is 19.9 Å². The number of rotatable bonds is 6. The molecule has 0 unspecified atom stereocenters. The van der Waals surface area contributed by atoms with Gasteiger partial charge in [-0.3, -0.25) is 0 Å². The van der Waals surface area contributed by atoms with E-state index in [1.165, 1.54) is 16.0 Å². The second-order valence-electron chi connectivity index (χ2n) is 5.38. The van der Waals surface area contributed by atoms with Crippen LogP contribution in [0.4, 0.5) is 0 Å². The van der Waals surface area contributed by atoms with E-state index < -0.39 is 8.56 Å². The predicted octanol–water partition coefficient (Wildman–Crippen LogP) is 3.47. The van der Waals surface area contributed by atoms with Gasteiger partial charge in [-0.2, -0.15) is 0 Å². The Morgan fingerprint density at radius 2 is 1.30 bits per heavy atom. The van der Waals surface area contributed by atoms with Gasteiger partial charge in [-0.05, 0) is 29.8 Å². The Morgan fingerprint density at radius 3 is 2.00 bits per heavy atom. The standard InChI is InChI=1S/C20H22O2Si/c1-3-21-23(22-4-2,18-13-6-5-7-14-18)20-16-10-12-17-11-8-9-15-19(17)20/h5-16H,3-4H2,1-2H3. The molecule has 0 heterocycles. The van der Waals surface area contributed by atoms with Crippen molar-refractivity contribution in [1.29, 1.82) is 0 Å². The number of hydrogen-bond acceptors (Lipinski definition) is 2. The van der Waals surface area contributed by atoms with Crippen LogP contribution in [0, 0.1) is 0 Å². The third-order valence-corrected chi connectivity index (χ3v) is 7.62. The maximum atomic E-state index is 6.37. The predicted molar refractivity (Wildman–Crippen MR) is 98.7 cm³/mol. The van der Waals surface area contributed by atoms with Crippen molar-refractivity contribution in [2.75, 3.05) is 13.2 Å². The SMILES string of the molecule is CCO[Si](OCC)(c1ccccc1)c1cccc2ccccc12. The van der Waals surface area contributed by atoms with Gasteiger partial charge in [0.2, 0.25) is 0 Å². The fourth-order valence-electron chi connectivity index (χ4n) is 3.10. The van der Waals surface area contributed by atoms with Gasteiger partial charge in [-0.15, -0.1) is 0 Å². The molecule has 3 aromatic carbocycles. The fraction of sp³-hybridized carbons (Fsp3) is 0.200. The summed E-state index contributed by atoms with van der Waals surface area (Å²) in [4.78, 5) is 0. The fourth-order valence-corrected chi connectivity index (χ4v) is 6.48. The highest BCUT2D eigenvalue weighted by atomic mass is 28.4. The van der Waals surface area contributed by atoms with Gasteiger partial charge in [0.05, 0.1) is 0 Å². The number of fused-ring (bicyclic) bond motifs is 1. The van der Waals surface area contributed by atoms with Crippen molar-refractivity contribution in [2.45, 2.75) is 13.8 Å². The molecule has 3 aromatic rings. The van der Waals surface area contributed by atoms with Crippen molar-refractivity contribution >= 4 is 29.7 Å². The minimum Gasteiger partial charge on any atom is -0.388 e. The van der Waals surface area contributed by atoms with E-state index in [0.717, 1.165) is 5.19 Å². The summed E-state index contributed by atoms with van der Waals surface area (Å²) in [6.07, 6.45) is 0. The summed E-state index contributed by atoms with van der Waals surface area (Å²) in [5.74, 6) is 0. The first-order valence-electron chi connectivity index (χ1n) is 8.13. The van der Waals surface area contributed by atoms with Crippen molar-refractivity contribution in [3.63, 3.8) is 0 Å². The van der Waals surface area contributed by atoms with E-state index in [1.54, 1.807) is 0 Å². The summed E-state index contributed by atoms with van der Waals surface area (Å²) in [6, 6.07) is 25.2. The highest BCUT2D eigenvalue weighted by molar-refractivity contribution is 6.94. The van der Waals surface area contributed by atoms with Crippen LogP contribution < -0.4 is 10.4 Å². The van der Waals surface area contributed by atoms with Crippen LogP contribution in [0.3, 0.4) is 0 Å². The van der Waals surface area contributed by atoms with E-state index >= 15 is 0 Å². The van der Waals surface area contributed by atoms with Crippen LogP contribution in [-0.2, 0) is 8.85 Å². The maximum Gasteiger partial charge on any atom is 0.407 e. The lowest BCUT2D eigenvalue weighted by molar-refractivity contribution is 0.209. The summed E-state index contributed by atoms with van der Waals surface area (Å²) in [6.45, 7) is 5.33. The normalized spacial score (nSPS) is 11.7. The molecule has 3 heteroatoms. The first kappa shape index (κ1) is 15.9. The Kier molecular flexibility index (Phi) is 4.91. The maximum absolute atomic E-state index is 6.37. The van der Waals surface area contributed by atoms with Crippen LogP contribution in [-0.4, -0.2) is 21.8 Å². The molecular formula is C20H22O2Si. The molecular weight excluding hydrogens is 300 g/mol. The topological polar surface area (TPSA) is 18.5 Å². The summed E-state index contributed by atoms with van der Waals surface area (Å²) >= 11 is 0. The highest BCUT2D eigenvalue weighted by Crippen LogP contribution is 2.18. The van der Waals surface area contributed by atoms with Crippen molar-refractivity contribution in [1.82, 2.24) is 0 Å². The Balaban J connectivity index is 2.29. The largest absolute Gasteiger partial charge is 0.407 e. The molecule has 0 spiro atoms. The third kappa shape index (κ3) is 2.95. The molecule has 0 aliphatic carbocycles. The van der Waals surface area contributed by atoms with Gasteiger partial charge in [-0.25, -0.2) is 0 Å². The van der Waals surface area contributed by atoms with Crippen molar-refractivity contribution < 1.29 is 8.85 Å². The minimum atomic E-state index is -2.71. The zero-order valence-electron chi connectivity index (χ0n) is 13.7. The first-order valence-corrected chi connectivity index (χ1v) is 9.95. The lowest BCUT2D eigenvalue weighted by Gasteiger charge is -2.31. The van der Waals surface area contributed by atoms with E-state index in [2.05, 4.69) is 66.7 Å². The third-order valence-electron chi connectivity index (χ3n) is 3.99. The van der Waals surface area contributed by atoms with Gasteiger partial charge in [-0.1, -0.05) is 72.8 Å². The number of benzene rings is 3.